The van der Waals surface area contributed by atoms with Gasteiger partial charge in [0, 0.05) is 11.6 Å². The van der Waals surface area contributed by atoms with Gasteiger partial charge < -0.3 is 15.2 Å². The summed E-state index contributed by atoms with van der Waals surface area (Å²) in [4.78, 5) is 0. The predicted molar refractivity (Wildman–Crippen MR) is 122 cm³/mol. The molecule has 0 amide bonds. The molecular formula is C24H42ClNO2. The van der Waals surface area contributed by atoms with E-state index in [9.17, 15) is 0 Å². The molecular weight excluding hydrogens is 370 g/mol. The molecule has 1 aromatic carbocycles. The first-order valence-electron chi connectivity index (χ1n) is 10.8. The number of rotatable bonds is 12. The number of nitrogens with two attached hydrogens (primary N) is 1. The van der Waals surface area contributed by atoms with Crippen LogP contribution < -0.4 is 10.5 Å². The summed E-state index contributed by atoms with van der Waals surface area (Å²) in [6.07, 6.45) is 9.09. The fourth-order valence-electron chi connectivity index (χ4n) is 4.23. The number of halogens is 1. The van der Waals surface area contributed by atoms with Gasteiger partial charge in [0.1, 0.15) is 5.75 Å². The van der Waals surface area contributed by atoms with Crippen molar-refractivity contribution in [2.24, 2.45) is 11.3 Å². The van der Waals surface area contributed by atoms with Gasteiger partial charge in [0.25, 0.3) is 0 Å². The Kier molecular flexibility index (Phi) is 10.1. The van der Waals surface area contributed by atoms with Crippen molar-refractivity contribution in [2.75, 3.05) is 12.8 Å². The molecule has 2 N–H and O–H groups in total. The van der Waals surface area contributed by atoms with Gasteiger partial charge in [0.15, 0.2) is 0 Å². The van der Waals surface area contributed by atoms with E-state index in [2.05, 4.69) is 41.5 Å². The summed E-state index contributed by atoms with van der Waals surface area (Å²) < 4.78 is 11.9. The monoisotopic (exact) mass is 411 g/mol. The summed E-state index contributed by atoms with van der Waals surface area (Å²) >= 11 is 6.21. The Labute approximate surface area is 178 Å². The maximum Gasteiger partial charge on any atom is 0.126 e. The first-order valence-corrected chi connectivity index (χ1v) is 11.2. The van der Waals surface area contributed by atoms with Crippen molar-refractivity contribution in [1.82, 2.24) is 0 Å². The minimum Gasteiger partial charge on any atom is -0.496 e. The van der Waals surface area contributed by atoms with Crippen LogP contribution in [0.3, 0.4) is 0 Å². The van der Waals surface area contributed by atoms with Crippen molar-refractivity contribution < 1.29 is 9.47 Å². The van der Waals surface area contributed by atoms with E-state index in [1.807, 2.05) is 6.07 Å². The van der Waals surface area contributed by atoms with Crippen molar-refractivity contribution >= 4 is 17.3 Å². The van der Waals surface area contributed by atoms with E-state index in [4.69, 9.17) is 26.8 Å². The zero-order valence-electron chi connectivity index (χ0n) is 19.2. The van der Waals surface area contributed by atoms with E-state index in [1.54, 1.807) is 13.2 Å². The molecule has 0 fully saturated rings. The van der Waals surface area contributed by atoms with Gasteiger partial charge in [-0.05, 0) is 37.7 Å². The Morgan fingerprint density at radius 3 is 2.18 bits per heavy atom. The molecule has 1 aromatic rings. The Hall–Kier alpha value is -0.930. The quantitative estimate of drug-likeness (QED) is 0.284. The van der Waals surface area contributed by atoms with E-state index in [0.717, 1.165) is 11.3 Å². The van der Waals surface area contributed by atoms with Crippen LogP contribution in [0.5, 0.6) is 5.75 Å². The van der Waals surface area contributed by atoms with E-state index in [-0.39, 0.29) is 11.0 Å². The minimum absolute atomic E-state index is 0.176. The number of ether oxygens (including phenoxy) is 2. The molecule has 0 aromatic heterocycles. The second-order valence-electron chi connectivity index (χ2n) is 9.55. The predicted octanol–water partition coefficient (Wildman–Crippen LogP) is 7.64. The van der Waals surface area contributed by atoms with Crippen LogP contribution in [-0.2, 0) is 11.3 Å². The van der Waals surface area contributed by atoms with Crippen LogP contribution in [0.15, 0.2) is 12.1 Å². The average Bonchev–Trinajstić information content (AvgIpc) is 2.60. The molecule has 0 aliphatic rings. The van der Waals surface area contributed by atoms with Gasteiger partial charge >= 0.3 is 0 Å². The molecule has 1 unspecified atom stereocenters. The van der Waals surface area contributed by atoms with Crippen LogP contribution in [-0.4, -0.2) is 12.7 Å². The van der Waals surface area contributed by atoms with Crippen molar-refractivity contribution in [3.63, 3.8) is 0 Å². The van der Waals surface area contributed by atoms with Crippen LogP contribution in [0.25, 0.3) is 0 Å². The van der Waals surface area contributed by atoms with Gasteiger partial charge in [0.2, 0.25) is 0 Å². The largest absolute Gasteiger partial charge is 0.496 e. The summed E-state index contributed by atoms with van der Waals surface area (Å²) in [7, 11) is 1.65. The molecule has 0 saturated carbocycles. The fourth-order valence-corrected chi connectivity index (χ4v) is 4.42. The molecule has 1 atom stereocenters. The van der Waals surface area contributed by atoms with Gasteiger partial charge in [0.05, 0.1) is 30.0 Å². The summed E-state index contributed by atoms with van der Waals surface area (Å²) in [6.45, 7) is 14.1. The molecule has 0 saturated heterocycles. The second-order valence-corrected chi connectivity index (χ2v) is 9.96. The molecule has 0 aliphatic heterocycles. The zero-order chi connectivity index (χ0) is 21.4. The van der Waals surface area contributed by atoms with Gasteiger partial charge in [-0.2, -0.15) is 0 Å². The maximum absolute atomic E-state index is 6.46. The van der Waals surface area contributed by atoms with Crippen molar-refractivity contribution in [3.05, 3.63) is 22.7 Å². The lowest BCUT2D eigenvalue weighted by Gasteiger charge is -2.43. The summed E-state index contributed by atoms with van der Waals surface area (Å²) in [5.41, 5.74) is 7.28. The first-order chi connectivity index (χ1) is 13.0. The highest BCUT2D eigenvalue weighted by molar-refractivity contribution is 6.33. The Morgan fingerprint density at radius 1 is 1.00 bits per heavy atom. The lowest BCUT2D eigenvalue weighted by Crippen LogP contribution is -2.42. The number of methoxy groups -OCH3 is 1. The van der Waals surface area contributed by atoms with Crippen molar-refractivity contribution in [2.45, 2.75) is 98.7 Å². The molecule has 1 rings (SSSR count). The Balaban J connectivity index is 2.78. The topological polar surface area (TPSA) is 44.5 Å². The molecule has 0 radical (unpaired) electrons. The lowest BCUT2D eigenvalue weighted by molar-refractivity contribution is -0.104. The number of unbranched alkanes of at least 4 members (excludes halogenated alkanes) is 5. The first kappa shape index (κ1) is 25.1. The van der Waals surface area contributed by atoms with Crippen LogP contribution in [0, 0.1) is 11.3 Å². The normalized spacial score (nSPS) is 13.6. The van der Waals surface area contributed by atoms with Gasteiger partial charge in [-0.3, -0.25) is 0 Å². The van der Waals surface area contributed by atoms with E-state index < -0.39 is 0 Å². The number of benzene rings is 1. The third-order valence-electron chi connectivity index (χ3n) is 5.73. The lowest BCUT2D eigenvalue weighted by atomic mass is 9.69. The van der Waals surface area contributed by atoms with Gasteiger partial charge in [-0.25, -0.2) is 0 Å². The third-order valence-corrected chi connectivity index (χ3v) is 6.06. The van der Waals surface area contributed by atoms with E-state index >= 15 is 0 Å². The molecule has 0 aliphatic carbocycles. The highest BCUT2D eigenvalue weighted by atomic mass is 35.5. The maximum atomic E-state index is 6.46. The minimum atomic E-state index is -0.249. The van der Waals surface area contributed by atoms with Crippen LogP contribution >= 0.6 is 11.6 Å². The molecule has 0 heterocycles. The molecule has 28 heavy (non-hydrogen) atoms. The summed E-state index contributed by atoms with van der Waals surface area (Å²) in [5.74, 6) is 1.18. The third kappa shape index (κ3) is 7.83. The fraction of sp³-hybridized carbons (Fsp3) is 0.750. The Bertz CT molecular complexity index is 593. The Morgan fingerprint density at radius 2 is 1.61 bits per heavy atom. The van der Waals surface area contributed by atoms with Crippen molar-refractivity contribution in [1.29, 1.82) is 0 Å². The second kappa shape index (κ2) is 11.3. The van der Waals surface area contributed by atoms with Crippen LogP contribution in [0.1, 0.15) is 92.1 Å². The summed E-state index contributed by atoms with van der Waals surface area (Å²) in [6, 6.07) is 3.62. The molecule has 162 valence electrons. The standard InChI is InChI=1S/C24H42ClNO2/c1-8-9-10-11-12-13-14-22(23(2,3)4)24(5,6)28-17-18-15-19(25)20(26)16-21(18)27-7/h15-16,22H,8-14,17,26H2,1-7H3. The highest BCUT2D eigenvalue weighted by Gasteiger charge is 2.38. The number of anilines is 1. The molecule has 3 nitrogen and oxygen atoms in total. The van der Waals surface area contributed by atoms with Gasteiger partial charge in [-0.15, -0.1) is 0 Å². The average molecular weight is 412 g/mol. The number of hydrogen-bond donors (Lipinski definition) is 1. The van der Waals surface area contributed by atoms with Gasteiger partial charge in [-0.1, -0.05) is 77.8 Å². The SMILES string of the molecule is CCCCCCCCC(C(C)(C)C)C(C)(C)OCc1cc(Cl)c(N)cc1OC. The summed E-state index contributed by atoms with van der Waals surface area (Å²) in [5, 5.41) is 0.539. The van der Waals surface area contributed by atoms with Crippen LogP contribution in [0.4, 0.5) is 5.69 Å². The van der Waals surface area contributed by atoms with E-state index in [1.165, 1.54) is 44.9 Å². The number of nitrogen functional groups attached to an aromatic ring is 1. The molecule has 0 bridgehead atoms. The molecule has 0 spiro atoms. The smallest absolute Gasteiger partial charge is 0.126 e. The van der Waals surface area contributed by atoms with Crippen molar-refractivity contribution in [3.8, 4) is 5.75 Å². The van der Waals surface area contributed by atoms with Crippen LogP contribution in [0.2, 0.25) is 5.02 Å². The number of hydrogen-bond acceptors (Lipinski definition) is 3. The zero-order valence-corrected chi connectivity index (χ0v) is 19.9. The highest BCUT2D eigenvalue weighted by Crippen LogP contribution is 2.41. The molecule has 4 heteroatoms. The van der Waals surface area contributed by atoms with E-state index in [0.29, 0.717) is 23.2 Å².